The fraction of sp³-hybridized carbons (Fsp3) is 0.0345. The molecule has 41 heavy (non-hydrogen) atoms. The standard InChI is InChI=1S/C29H17ClF3N5O2S/c30-19-12-8-17(9-13-19)22-14-21(16-6-10-18(11-7-16)29(31,32)33)24-25(34)26(41-28(24)35-22)27(39)36-23-15-38(37-40-23)20-4-2-1-3-5-20/h1-15H,(H2-,34,36,37,39). The number of alkyl halides is 3. The molecule has 0 saturated carbocycles. The number of hydrogen-bond acceptors (Lipinski definition) is 7. The molecule has 0 radical (unpaired) electrons. The Morgan fingerprint density at radius 3 is 2.34 bits per heavy atom. The fourth-order valence-electron chi connectivity index (χ4n) is 4.25. The van der Waals surface area contributed by atoms with E-state index < -0.39 is 17.6 Å². The van der Waals surface area contributed by atoms with Gasteiger partial charge in [0.2, 0.25) is 11.0 Å². The minimum absolute atomic E-state index is 0.0338. The van der Waals surface area contributed by atoms with Gasteiger partial charge in [0.1, 0.15) is 4.83 Å². The Morgan fingerprint density at radius 2 is 1.66 bits per heavy atom. The molecule has 3 heterocycles. The van der Waals surface area contributed by atoms with E-state index in [1.54, 1.807) is 30.3 Å². The van der Waals surface area contributed by atoms with Crippen molar-refractivity contribution in [2.24, 2.45) is 4.99 Å². The first kappa shape index (κ1) is 26.5. The monoisotopic (exact) mass is 591 g/mol. The van der Waals surface area contributed by atoms with E-state index in [2.05, 4.69) is 10.3 Å². The average molecular weight is 592 g/mol. The van der Waals surface area contributed by atoms with Crippen LogP contribution in [-0.2, 0) is 6.18 Å². The van der Waals surface area contributed by atoms with Gasteiger partial charge in [-0.2, -0.15) is 13.2 Å². The van der Waals surface area contributed by atoms with Gasteiger partial charge in [-0.25, -0.2) is 9.98 Å². The first-order valence-corrected chi connectivity index (χ1v) is 13.2. The highest BCUT2D eigenvalue weighted by Crippen LogP contribution is 2.42. The van der Waals surface area contributed by atoms with Crippen LogP contribution >= 0.6 is 22.9 Å². The van der Waals surface area contributed by atoms with Crippen molar-refractivity contribution in [1.29, 1.82) is 0 Å². The van der Waals surface area contributed by atoms with Crippen LogP contribution in [0.25, 0.3) is 38.3 Å². The number of hydrogen-bond donors (Lipinski definition) is 1. The van der Waals surface area contributed by atoms with Crippen LogP contribution < -0.4 is 15.5 Å². The van der Waals surface area contributed by atoms with Crippen molar-refractivity contribution in [1.82, 2.24) is 10.3 Å². The lowest BCUT2D eigenvalue weighted by Gasteiger charge is -2.11. The van der Waals surface area contributed by atoms with Gasteiger partial charge in [0.25, 0.3) is 6.20 Å². The van der Waals surface area contributed by atoms with Gasteiger partial charge in [0.15, 0.2) is 0 Å². The number of aliphatic imine (C=N–C) groups is 1. The Hall–Kier alpha value is -4.74. The summed E-state index contributed by atoms with van der Waals surface area (Å²) in [7, 11) is 0. The highest BCUT2D eigenvalue weighted by atomic mass is 35.5. The van der Waals surface area contributed by atoms with Crippen molar-refractivity contribution in [3.8, 4) is 28.1 Å². The number of aromatic nitrogens is 3. The highest BCUT2D eigenvalue weighted by Gasteiger charge is 2.30. The maximum absolute atomic E-state index is 13.2. The summed E-state index contributed by atoms with van der Waals surface area (Å²) in [5.41, 5.74) is 8.76. The van der Waals surface area contributed by atoms with Crippen LogP contribution in [0, 0.1) is 0 Å². The minimum Gasteiger partial charge on any atom is -0.857 e. The molecule has 0 fully saturated rings. The maximum Gasteiger partial charge on any atom is 0.416 e. The molecule has 204 valence electrons. The number of benzene rings is 3. The number of anilines is 1. The second-order valence-corrected chi connectivity index (χ2v) is 10.3. The number of rotatable bonds is 5. The Labute approximate surface area is 239 Å². The van der Waals surface area contributed by atoms with Crippen molar-refractivity contribution in [3.05, 3.63) is 107 Å². The second-order valence-electron chi connectivity index (χ2n) is 8.90. The molecule has 0 bridgehead atoms. The zero-order valence-corrected chi connectivity index (χ0v) is 22.3. The fourth-order valence-corrected chi connectivity index (χ4v) is 5.39. The summed E-state index contributed by atoms with van der Waals surface area (Å²) in [5, 5.41) is 18.1. The summed E-state index contributed by atoms with van der Waals surface area (Å²) < 4.78 is 46.3. The second kappa shape index (κ2) is 10.3. The molecular weight excluding hydrogens is 575 g/mol. The van der Waals surface area contributed by atoms with Gasteiger partial charge in [0, 0.05) is 34.0 Å². The molecule has 7 nitrogen and oxygen atoms in total. The Morgan fingerprint density at radius 1 is 0.976 bits per heavy atom. The topological polar surface area (TPSA) is 104 Å². The lowest BCUT2D eigenvalue weighted by molar-refractivity contribution is -0.670. The molecule has 0 saturated heterocycles. The Balaban J connectivity index is 1.47. The third-order valence-corrected chi connectivity index (χ3v) is 7.58. The molecule has 0 aliphatic carbocycles. The molecule has 0 atom stereocenters. The smallest absolute Gasteiger partial charge is 0.416 e. The van der Waals surface area contributed by atoms with E-state index in [9.17, 15) is 18.3 Å². The SMILES string of the molecule is Nc1c(/C([O-])=N/c2c[n+](-c3ccccc3)no2)sc2nc(-c3ccc(Cl)cc3)cc(-c3ccc(C(F)(F)F)cc3)c12. The molecule has 3 aromatic carbocycles. The summed E-state index contributed by atoms with van der Waals surface area (Å²) in [6, 6.07) is 22.5. The number of nitrogens with zero attached hydrogens (tertiary/aromatic N) is 4. The van der Waals surface area contributed by atoms with Crippen LogP contribution in [-0.4, -0.2) is 16.2 Å². The van der Waals surface area contributed by atoms with Gasteiger partial charge < -0.3 is 10.8 Å². The molecule has 0 amide bonds. The molecule has 0 spiro atoms. The van der Waals surface area contributed by atoms with Gasteiger partial charge in [-0.15, -0.1) is 11.3 Å². The number of fused-ring (bicyclic) bond motifs is 1. The van der Waals surface area contributed by atoms with E-state index in [0.717, 1.165) is 29.0 Å². The largest absolute Gasteiger partial charge is 0.857 e. The van der Waals surface area contributed by atoms with Crippen molar-refractivity contribution >= 4 is 50.6 Å². The quantitative estimate of drug-likeness (QED) is 0.138. The average Bonchev–Trinajstić information content (AvgIpc) is 3.57. The minimum atomic E-state index is -4.48. The zero-order chi connectivity index (χ0) is 28.7. The first-order valence-electron chi connectivity index (χ1n) is 12.0. The van der Waals surface area contributed by atoms with E-state index in [0.29, 0.717) is 37.7 Å². The van der Waals surface area contributed by atoms with Crippen molar-refractivity contribution in [2.45, 2.75) is 6.18 Å². The lowest BCUT2D eigenvalue weighted by Crippen LogP contribution is -2.30. The van der Waals surface area contributed by atoms with E-state index in [4.69, 9.17) is 26.8 Å². The first-order chi connectivity index (χ1) is 19.7. The third-order valence-electron chi connectivity index (χ3n) is 6.24. The van der Waals surface area contributed by atoms with Gasteiger partial charge in [-0.3, -0.25) is 4.52 Å². The van der Waals surface area contributed by atoms with Crippen LogP contribution in [0.15, 0.2) is 101 Å². The maximum atomic E-state index is 13.2. The Bertz CT molecular complexity index is 1900. The number of nitrogen functional groups attached to an aromatic ring is 1. The van der Waals surface area contributed by atoms with Crippen molar-refractivity contribution < 1.29 is 27.5 Å². The summed E-state index contributed by atoms with van der Waals surface area (Å²) >= 11 is 7.07. The number of para-hydroxylation sites is 1. The molecule has 12 heteroatoms. The van der Waals surface area contributed by atoms with Gasteiger partial charge >= 0.3 is 12.1 Å². The summed E-state index contributed by atoms with van der Waals surface area (Å²) in [6.45, 7) is 0. The van der Waals surface area contributed by atoms with E-state index >= 15 is 0 Å². The third kappa shape index (κ3) is 5.24. The molecule has 0 aliphatic heterocycles. The predicted octanol–water partition coefficient (Wildman–Crippen LogP) is 6.59. The number of halogens is 4. The summed E-state index contributed by atoms with van der Waals surface area (Å²) in [4.78, 5) is 9.28. The molecule has 3 aromatic heterocycles. The van der Waals surface area contributed by atoms with Crippen LogP contribution in [0.4, 0.5) is 24.7 Å². The molecule has 6 rings (SSSR count). The van der Waals surface area contributed by atoms with Gasteiger partial charge in [0.05, 0.1) is 21.8 Å². The zero-order valence-electron chi connectivity index (χ0n) is 20.8. The summed E-state index contributed by atoms with van der Waals surface area (Å²) in [6.07, 6.45) is -3.02. The van der Waals surface area contributed by atoms with E-state index in [1.807, 2.05) is 30.3 Å². The van der Waals surface area contributed by atoms with Crippen LogP contribution in [0.2, 0.25) is 5.02 Å². The van der Waals surface area contributed by atoms with E-state index in [1.165, 1.54) is 23.0 Å². The molecule has 0 aliphatic rings. The molecule has 0 unspecified atom stereocenters. The van der Waals surface area contributed by atoms with Crippen molar-refractivity contribution in [2.75, 3.05) is 5.73 Å². The van der Waals surface area contributed by atoms with Crippen molar-refractivity contribution in [3.63, 3.8) is 0 Å². The van der Waals surface area contributed by atoms with Gasteiger partial charge in [-0.1, -0.05) is 54.1 Å². The summed E-state index contributed by atoms with van der Waals surface area (Å²) in [5.74, 6) is -0.707. The predicted molar refractivity (Wildman–Crippen MR) is 149 cm³/mol. The van der Waals surface area contributed by atoms with E-state index in [-0.39, 0.29) is 16.4 Å². The van der Waals surface area contributed by atoms with Crippen LogP contribution in [0.1, 0.15) is 10.4 Å². The molecule has 2 N–H and O–H groups in total. The number of pyridine rings is 1. The van der Waals surface area contributed by atoms with Gasteiger partial charge in [-0.05, 0) is 46.1 Å². The van der Waals surface area contributed by atoms with Crippen LogP contribution in [0.5, 0.6) is 0 Å². The lowest BCUT2D eigenvalue weighted by atomic mass is 9.98. The van der Waals surface area contributed by atoms with Crippen LogP contribution in [0.3, 0.4) is 0 Å². The molecular formula is C29H17ClF3N5O2S. The Kier molecular flexibility index (Phi) is 6.68. The highest BCUT2D eigenvalue weighted by molar-refractivity contribution is 7.21. The normalized spacial score (nSPS) is 12.2. The number of thiophene rings is 1. The number of nitrogens with two attached hydrogens (primary N) is 1. The molecule has 6 aromatic rings.